The number of ether oxygens (including phenoxy) is 1. The van der Waals surface area contributed by atoms with Crippen molar-refractivity contribution in [1.82, 2.24) is 0 Å². The first kappa shape index (κ1) is 17.0. The van der Waals surface area contributed by atoms with Crippen molar-refractivity contribution in [2.75, 3.05) is 12.4 Å². The Morgan fingerprint density at radius 3 is 2.18 bits per heavy atom. The van der Waals surface area contributed by atoms with E-state index in [2.05, 4.69) is 24.3 Å². The molecule has 0 saturated heterocycles. The minimum absolute atomic E-state index is 0.121. The number of hydrogen-bond donors (Lipinski definition) is 0. The molecule has 22 heavy (non-hydrogen) atoms. The summed E-state index contributed by atoms with van der Waals surface area (Å²) in [5, 5.41) is 0.201. The molecule has 2 aromatic carbocycles. The Labute approximate surface area is 140 Å². The standard InChI is InChI=1S/C18H20O2S2/c1-2-20-18(19)13-17(22-16-11-7-4-8-12-16)14-21-15-9-5-3-6-10-15/h3-12,17H,2,13-14H2,1H3. The molecule has 4 heteroatoms. The van der Waals surface area contributed by atoms with Crippen molar-refractivity contribution in [3.63, 3.8) is 0 Å². The lowest BCUT2D eigenvalue weighted by Crippen LogP contribution is -2.15. The highest BCUT2D eigenvalue weighted by atomic mass is 32.2. The predicted molar refractivity (Wildman–Crippen MR) is 94.5 cm³/mol. The molecule has 0 aliphatic carbocycles. The maximum atomic E-state index is 11.8. The van der Waals surface area contributed by atoms with Crippen LogP contribution in [0.2, 0.25) is 0 Å². The molecular formula is C18H20O2S2. The van der Waals surface area contributed by atoms with Crippen LogP contribution < -0.4 is 0 Å². The molecule has 0 fully saturated rings. The lowest BCUT2D eigenvalue weighted by molar-refractivity contribution is -0.142. The maximum Gasteiger partial charge on any atom is 0.306 e. The third kappa shape index (κ3) is 6.16. The Morgan fingerprint density at radius 1 is 1.00 bits per heavy atom. The van der Waals surface area contributed by atoms with Gasteiger partial charge in [0.2, 0.25) is 0 Å². The molecule has 1 unspecified atom stereocenters. The number of benzene rings is 2. The zero-order valence-electron chi connectivity index (χ0n) is 12.6. The van der Waals surface area contributed by atoms with Gasteiger partial charge in [0, 0.05) is 20.8 Å². The topological polar surface area (TPSA) is 26.3 Å². The van der Waals surface area contributed by atoms with Gasteiger partial charge in [-0.1, -0.05) is 36.4 Å². The summed E-state index contributed by atoms with van der Waals surface area (Å²) in [6.07, 6.45) is 0.438. The first-order valence-electron chi connectivity index (χ1n) is 7.33. The van der Waals surface area contributed by atoms with Crippen molar-refractivity contribution < 1.29 is 9.53 Å². The van der Waals surface area contributed by atoms with Crippen LogP contribution in [0.4, 0.5) is 0 Å². The fourth-order valence-electron chi connectivity index (χ4n) is 1.94. The van der Waals surface area contributed by atoms with Crippen molar-refractivity contribution in [2.24, 2.45) is 0 Å². The molecule has 0 N–H and O–H groups in total. The Kier molecular flexibility index (Phi) is 7.40. The van der Waals surface area contributed by atoms with E-state index < -0.39 is 0 Å². The van der Waals surface area contributed by atoms with Crippen LogP contribution in [0.25, 0.3) is 0 Å². The summed E-state index contributed by atoms with van der Waals surface area (Å²) in [7, 11) is 0. The SMILES string of the molecule is CCOC(=O)CC(CSc1ccccc1)Sc1ccccc1. The molecular weight excluding hydrogens is 312 g/mol. The van der Waals surface area contributed by atoms with Crippen LogP contribution in [0, 0.1) is 0 Å². The van der Waals surface area contributed by atoms with Crippen LogP contribution in [-0.2, 0) is 9.53 Å². The van der Waals surface area contributed by atoms with E-state index in [9.17, 15) is 4.79 Å². The Balaban J connectivity index is 1.96. The van der Waals surface area contributed by atoms with E-state index in [1.807, 2.05) is 43.3 Å². The number of carbonyl (C=O) groups excluding carboxylic acids is 1. The summed E-state index contributed by atoms with van der Waals surface area (Å²) in [6, 6.07) is 20.5. The smallest absolute Gasteiger partial charge is 0.306 e. The minimum atomic E-state index is -0.121. The molecule has 0 spiro atoms. The van der Waals surface area contributed by atoms with E-state index in [0.29, 0.717) is 13.0 Å². The molecule has 0 radical (unpaired) electrons. The van der Waals surface area contributed by atoms with Gasteiger partial charge in [0.05, 0.1) is 13.0 Å². The van der Waals surface area contributed by atoms with E-state index in [1.165, 1.54) is 9.79 Å². The van der Waals surface area contributed by atoms with Crippen molar-refractivity contribution >= 4 is 29.5 Å². The summed E-state index contributed by atoms with van der Waals surface area (Å²) >= 11 is 3.52. The van der Waals surface area contributed by atoms with Gasteiger partial charge >= 0.3 is 5.97 Å². The maximum absolute atomic E-state index is 11.8. The van der Waals surface area contributed by atoms with Crippen LogP contribution in [0.5, 0.6) is 0 Å². The summed E-state index contributed by atoms with van der Waals surface area (Å²) in [5.74, 6) is 0.757. The van der Waals surface area contributed by atoms with Gasteiger partial charge in [-0.3, -0.25) is 4.79 Å². The van der Waals surface area contributed by atoms with Gasteiger partial charge in [-0.05, 0) is 31.2 Å². The van der Waals surface area contributed by atoms with Crippen LogP contribution >= 0.6 is 23.5 Å². The summed E-state index contributed by atoms with van der Waals surface area (Å²) in [5.41, 5.74) is 0. The highest BCUT2D eigenvalue weighted by molar-refractivity contribution is 8.03. The molecule has 2 nitrogen and oxygen atoms in total. The number of esters is 1. The highest BCUT2D eigenvalue weighted by Crippen LogP contribution is 2.30. The third-order valence-electron chi connectivity index (χ3n) is 2.92. The fraction of sp³-hybridized carbons (Fsp3) is 0.278. The second-order valence-corrected chi connectivity index (χ2v) is 7.15. The molecule has 116 valence electrons. The third-order valence-corrected chi connectivity index (χ3v) is 5.52. The molecule has 0 aromatic heterocycles. The second-order valence-electron chi connectivity index (χ2n) is 4.69. The monoisotopic (exact) mass is 332 g/mol. The molecule has 1 atom stereocenters. The number of hydrogen-bond acceptors (Lipinski definition) is 4. The van der Waals surface area contributed by atoms with E-state index in [-0.39, 0.29) is 11.2 Å². The fourth-order valence-corrected chi connectivity index (χ4v) is 4.18. The Morgan fingerprint density at radius 2 is 1.59 bits per heavy atom. The van der Waals surface area contributed by atoms with Crippen LogP contribution in [0.1, 0.15) is 13.3 Å². The van der Waals surface area contributed by atoms with Crippen molar-refractivity contribution in [3.05, 3.63) is 60.7 Å². The summed E-state index contributed by atoms with van der Waals surface area (Å²) < 4.78 is 5.10. The average molecular weight is 332 g/mol. The molecule has 0 amide bonds. The second kappa shape index (κ2) is 9.59. The highest BCUT2D eigenvalue weighted by Gasteiger charge is 2.16. The van der Waals surface area contributed by atoms with E-state index in [1.54, 1.807) is 23.5 Å². The lowest BCUT2D eigenvalue weighted by atomic mass is 10.3. The zero-order valence-corrected chi connectivity index (χ0v) is 14.2. The molecule has 2 aromatic rings. The normalized spacial score (nSPS) is 11.9. The van der Waals surface area contributed by atoms with E-state index >= 15 is 0 Å². The Hall–Kier alpha value is -1.39. The van der Waals surface area contributed by atoms with Gasteiger partial charge in [0.1, 0.15) is 0 Å². The van der Waals surface area contributed by atoms with E-state index in [0.717, 1.165) is 5.75 Å². The van der Waals surface area contributed by atoms with Crippen LogP contribution in [-0.4, -0.2) is 23.6 Å². The van der Waals surface area contributed by atoms with Gasteiger partial charge in [-0.2, -0.15) is 0 Å². The van der Waals surface area contributed by atoms with Crippen molar-refractivity contribution in [3.8, 4) is 0 Å². The molecule has 0 saturated carbocycles. The Bertz CT molecular complexity index is 558. The zero-order chi connectivity index (χ0) is 15.6. The first-order valence-corrected chi connectivity index (χ1v) is 9.19. The van der Waals surface area contributed by atoms with Crippen LogP contribution in [0.3, 0.4) is 0 Å². The van der Waals surface area contributed by atoms with Crippen LogP contribution in [0.15, 0.2) is 70.5 Å². The number of thioether (sulfide) groups is 2. The lowest BCUT2D eigenvalue weighted by Gasteiger charge is -2.15. The molecule has 0 aliphatic rings. The molecule has 0 bridgehead atoms. The van der Waals surface area contributed by atoms with Crippen molar-refractivity contribution in [1.29, 1.82) is 0 Å². The number of rotatable bonds is 8. The summed E-state index contributed by atoms with van der Waals surface area (Å²) in [6.45, 7) is 2.28. The minimum Gasteiger partial charge on any atom is -0.466 e. The quantitative estimate of drug-likeness (QED) is 0.508. The molecule has 0 heterocycles. The first-order chi connectivity index (χ1) is 10.8. The van der Waals surface area contributed by atoms with Gasteiger partial charge in [-0.25, -0.2) is 0 Å². The summed E-state index contributed by atoms with van der Waals surface area (Å²) in [4.78, 5) is 14.2. The van der Waals surface area contributed by atoms with Gasteiger partial charge in [0.15, 0.2) is 0 Å². The van der Waals surface area contributed by atoms with Gasteiger partial charge in [-0.15, -0.1) is 23.5 Å². The molecule has 2 rings (SSSR count). The average Bonchev–Trinajstić information content (AvgIpc) is 2.55. The van der Waals surface area contributed by atoms with Crippen molar-refractivity contribution in [2.45, 2.75) is 28.4 Å². The van der Waals surface area contributed by atoms with Gasteiger partial charge < -0.3 is 4.74 Å². The molecule has 0 aliphatic heterocycles. The van der Waals surface area contributed by atoms with E-state index in [4.69, 9.17) is 4.74 Å². The number of carbonyl (C=O) groups is 1. The van der Waals surface area contributed by atoms with Gasteiger partial charge in [0.25, 0.3) is 0 Å². The predicted octanol–water partition coefficient (Wildman–Crippen LogP) is 4.89. The largest absolute Gasteiger partial charge is 0.466 e.